The molecule has 0 radical (unpaired) electrons. The Balaban J connectivity index is 2.36. The summed E-state index contributed by atoms with van der Waals surface area (Å²) < 4.78 is 4.87. The fourth-order valence-corrected chi connectivity index (χ4v) is 1.56. The van der Waals surface area contributed by atoms with E-state index < -0.39 is 0 Å². The molecule has 0 aliphatic carbocycles. The second-order valence-electron chi connectivity index (χ2n) is 4.42. The van der Waals surface area contributed by atoms with E-state index >= 15 is 0 Å². The first-order valence-corrected chi connectivity index (χ1v) is 6.91. The van der Waals surface area contributed by atoms with Crippen molar-refractivity contribution in [3.8, 4) is 0 Å². The topological polar surface area (TPSA) is 91.5 Å². The Bertz CT molecular complexity index is 488. The van der Waals surface area contributed by atoms with Crippen LogP contribution >= 0.6 is 0 Å². The van der Waals surface area contributed by atoms with Crippen LogP contribution in [0.25, 0.3) is 0 Å². The number of nitrogens with one attached hydrogen (secondary N) is 4. The van der Waals surface area contributed by atoms with E-state index in [4.69, 9.17) is 4.74 Å². The molecule has 0 aliphatic rings. The lowest BCUT2D eigenvalue weighted by Crippen LogP contribution is -2.30. The normalized spacial score (nSPS) is 9.86. The maximum Gasteiger partial charge on any atom is 0.319 e. The SMILES string of the molecule is C=CCNC(=O)Nc1ccc(NC(=O)CNCCOC)cc1. The van der Waals surface area contributed by atoms with Crippen LogP contribution in [-0.2, 0) is 9.53 Å². The molecule has 0 aliphatic heterocycles. The molecule has 0 saturated carbocycles. The first-order valence-electron chi connectivity index (χ1n) is 6.91. The minimum atomic E-state index is -0.306. The number of methoxy groups -OCH3 is 1. The Labute approximate surface area is 130 Å². The van der Waals surface area contributed by atoms with Gasteiger partial charge in [0, 0.05) is 31.6 Å². The lowest BCUT2D eigenvalue weighted by molar-refractivity contribution is -0.115. The van der Waals surface area contributed by atoms with Crippen LogP contribution in [0, 0.1) is 0 Å². The fraction of sp³-hybridized carbons (Fsp3) is 0.333. The van der Waals surface area contributed by atoms with Gasteiger partial charge in [0.2, 0.25) is 5.91 Å². The Morgan fingerprint density at radius 2 is 1.82 bits per heavy atom. The molecule has 0 heterocycles. The van der Waals surface area contributed by atoms with Crippen LogP contribution in [0.1, 0.15) is 0 Å². The molecule has 0 bridgehead atoms. The van der Waals surface area contributed by atoms with Crippen molar-refractivity contribution >= 4 is 23.3 Å². The van der Waals surface area contributed by atoms with Crippen molar-refractivity contribution in [2.75, 3.05) is 44.0 Å². The number of benzene rings is 1. The second-order valence-corrected chi connectivity index (χ2v) is 4.42. The molecule has 4 N–H and O–H groups in total. The van der Waals surface area contributed by atoms with Gasteiger partial charge in [-0.05, 0) is 24.3 Å². The van der Waals surface area contributed by atoms with Gasteiger partial charge >= 0.3 is 6.03 Å². The van der Waals surface area contributed by atoms with Crippen LogP contribution in [-0.4, -0.2) is 45.3 Å². The highest BCUT2D eigenvalue weighted by Crippen LogP contribution is 2.13. The molecule has 0 spiro atoms. The number of ether oxygens (including phenoxy) is 1. The number of amides is 3. The van der Waals surface area contributed by atoms with Crippen LogP contribution in [0.2, 0.25) is 0 Å². The number of carbonyl (C=O) groups excluding carboxylic acids is 2. The van der Waals surface area contributed by atoms with Crippen molar-refractivity contribution in [2.24, 2.45) is 0 Å². The summed E-state index contributed by atoms with van der Waals surface area (Å²) in [5, 5.41) is 11.0. The van der Waals surface area contributed by atoms with Crippen LogP contribution in [0.15, 0.2) is 36.9 Å². The highest BCUT2D eigenvalue weighted by molar-refractivity contribution is 5.93. The largest absolute Gasteiger partial charge is 0.383 e. The van der Waals surface area contributed by atoms with E-state index in [-0.39, 0.29) is 18.5 Å². The van der Waals surface area contributed by atoms with E-state index in [2.05, 4.69) is 27.8 Å². The van der Waals surface area contributed by atoms with Gasteiger partial charge in [0.15, 0.2) is 0 Å². The van der Waals surface area contributed by atoms with Crippen molar-refractivity contribution in [2.45, 2.75) is 0 Å². The van der Waals surface area contributed by atoms with Crippen molar-refractivity contribution in [1.82, 2.24) is 10.6 Å². The number of urea groups is 1. The van der Waals surface area contributed by atoms with Gasteiger partial charge in [-0.2, -0.15) is 0 Å². The summed E-state index contributed by atoms with van der Waals surface area (Å²) >= 11 is 0. The van der Waals surface area contributed by atoms with Gasteiger partial charge in [0.25, 0.3) is 0 Å². The third-order valence-electron chi connectivity index (χ3n) is 2.60. The second kappa shape index (κ2) is 10.4. The number of hydrogen-bond acceptors (Lipinski definition) is 4. The lowest BCUT2D eigenvalue weighted by atomic mass is 10.3. The number of anilines is 2. The van der Waals surface area contributed by atoms with E-state index in [1.54, 1.807) is 37.5 Å². The predicted octanol–water partition coefficient (Wildman–Crippen LogP) is 1.17. The first-order chi connectivity index (χ1) is 10.7. The Morgan fingerprint density at radius 3 is 2.41 bits per heavy atom. The molecule has 0 aromatic heterocycles. The quantitative estimate of drug-likeness (QED) is 0.407. The van der Waals surface area contributed by atoms with Gasteiger partial charge in [0.05, 0.1) is 13.2 Å². The maximum atomic E-state index is 11.7. The van der Waals surface area contributed by atoms with E-state index in [1.807, 2.05) is 0 Å². The van der Waals surface area contributed by atoms with Crippen molar-refractivity contribution in [3.05, 3.63) is 36.9 Å². The molecule has 7 nitrogen and oxygen atoms in total. The number of carbonyl (C=O) groups is 2. The van der Waals surface area contributed by atoms with Gasteiger partial charge in [0.1, 0.15) is 0 Å². The average molecular weight is 306 g/mol. The van der Waals surface area contributed by atoms with Crippen LogP contribution in [0.4, 0.5) is 16.2 Å². The summed E-state index contributed by atoms with van der Waals surface area (Å²) in [7, 11) is 1.61. The van der Waals surface area contributed by atoms with E-state index in [0.717, 1.165) is 0 Å². The molecule has 22 heavy (non-hydrogen) atoms. The van der Waals surface area contributed by atoms with Crippen molar-refractivity contribution in [1.29, 1.82) is 0 Å². The zero-order valence-electron chi connectivity index (χ0n) is 12.6. The molecule has 120 valence electrons. The molecular formula is C15H22N4O3. The van der Waals surface area contributed by atoms with Crippen LogP contribution < -0.4 is 21.3 Å². The Morgan fingerprint density at radius 1 is 1.18 bits per heavy atom. The molecule has 0 saturated heterocycles. The van der Waals surface area contributed by atoms with Crippen LogP contribution in [0.5, 0.6) is 0 Å². The molecule has 3 amide bonds. The maximum absolute atomic E-state index is 11.7. The molecular weight excluding hydrogens is 284 g/mol. The summed E-state index contributed by atoms with van der Waals surface area (Å²) in [6.45, 7) is 5.30. The Hall–Kier alpha value is -2.38. The predicted molar refractivity (Wildman–Crippen MR) is 87.0 cm³/mol. The zero-order valence-corrected chi connectivity index (χ0v) is 12.6. The molecule has 7 heteroatoms. The van der Waals surface area contributed by atoms with Gasteiger partial charge in [-0.25, -0.2) is 4.79 Å². The van der Waals surface area contributed by atoms with Gasteiger partial charge in [-0.15, -0.1) is 6.58 Å². The van der Waals surface area contributed by atoms with Crippen molar-refractivity contribution in [3.63, 3.8) is 0 Å². The minimum absolute atomic E-state index is 0.138. The monoisotopic (exact) mass is 306 g/mol. The summed E-state index contributed by atoms with van der Waals surface area (Å²) in [5.74, 6) is -0.138. The van der Waals surface area contributed by atoms with Gasteiger partial charge in [-0.1, -0.05) is 6.08 Å². The molecule has 1 aromatic rings. The molecule has 1 rings (SSSR count). The minimum Gasteiger partial charge on any atom is -0.383 e. The third kappa shape index (κ3) is 7.41. The zero-order chi connectivity index (χ0) is 16.2. The highest BCUT2D eigenvalue weighted by atomic mass is 16.5. The first kappa shape index (κ1) is 17.7. The molecule has 0 unspecified atom stereocenters. The standard InChI is InChI=1S/C15H22N4O3/c1-3-8-17-15(21)19-13-6-4-12(5-7-13)18-14(20)11-16-9-10-22-2/h3-7,16H,1,8-11H2,2H3,(H,18,20)(H2,17,19,21). The molecule has 0 fully saturated rings. The van der Waals surface area contributed by atoms with Gasteiger partial charge < -0.3 is 26.0 Å². The van der Waals surface area contributed by atoms with Crippen molar-refractivity contribution < 1.29 is 14.3 Å². The van der Waals surface area contributed by atoms with E-state index in [9.17, 15) is 9.59 Å². The average Bonchev–Trinajstić information content (AvgIpc) is 2.51. The Kier molecular flexibility index (Phi) is 8.32. The lowest BCUT2D eigenvalue weighted by Gasteiger charge is -2.09. The number of hydrogen-bond donors (Lipinski definition) is 4. The third-order valence-corrected chi connectivity index (χ3v) is 2.60. The smallest absolute Gasteiger partial charge is 0.319 e. The summed E-state index contributed by atoms with van der Waals surface area (Å²) in [4.78, 5) is 23.1. The molecule has 1 aromatic carbocycles. The summed E-state index contributed by atoms with van der Waals surface area (Å²) in [6.07, 6.45) is 1.60. The van der Waals surface area contributed by atoms with E-state index in [1.165, 1.54) is 0 Å². The van der Waals surface area contributed by atoms with Gasteiger partial charge in [-0.3, -0.25) is 4.79 Å². The number of rotatable bonds is 9. The molecule has 0 atom stereocenters. The fourth-order valence-electron chi connectivity index (χ4n) is 1.56. The summed E-state index contributed by atoms with van der Waals surface area (Å²) in [5.41, 5.74) is 1.30. The highest BCUT2D eigenvalue weighted by Gasteiger charge is 2.03. The summed E-state index contributed by atoms with van der Waals surface area (Å²) in [6, 6.07) is 6.55. The van der Waals surface area contributed by atoms with E-state index in [0.29, 0.717) is 31.1 Å². The van der Waals surface area contributed by atoms with Crippen LogP contribution in [0.3, 0.4) is 0 Å².